The number of para-hydroxylation sites is 1. The molecule has 1 aliphatic carbocycles. The van der Waals surface area contributed by atoms with Crippen molar-refractivity contribution in [2.45, 2.75) is 38.1 Å². The number of carbonyl (C=O) groups is 1. The molecule has 0 atom stereocenters. The van der Waals surface area contributed by atoms with E-state index < -0.39 is 0 Å². The van der Waals surface area contributed by atoms with Crippen molar-refractivity contribution in [1.29, 1.82) is 0 Å². The second-order valence-corrected chi connectivity index (χ2v) is 9.93. The first-order valence-corrected chi connectivity index (χ1v) is 12.3. The first kappa shape index (κ1) is 21.0. The van der Waals surface area contributed by atoms with Crippen LogP contribution in [0.5, 0.6) is 0 Å². The zero-order valence-corrected chi connectivity index (χ0v) is 19.8. The fourth-order valence-electron chi connectivity index (χ4n) is 4.19. The monoisotopic (exact) mass is 465 g/mol. The summed E-state index contributed by atoms with van der Waals surface area (Å²) in [6, 6.07) is 9.39. The van der Waals surface area contributed by atoms with Crippen molar-refractivity contribution in [3.63, 3.8) is 0 Å². The number of aryl methyl sites for hydroxylation is 3. The maximum absolute atomic E-state index is 13.0. The highest BCUT2D eigenvalue weighted by Gasteiger charge is 2.23. The van der Waals surface area contributed by atoms with Crippen LogP contribution in [0, 0.1) is 13.8 Å². The van der Waals surface area contributed by atoms with Gasteiger partial charge in [-0.25, -0.2) is 14.6 Å². The molecule has 9 heteroatoms. The molecular weight excluding hydrogens is 442 g/mol. The number of carbonyl (C=O) groups excluding carboxylic acids is 1. The molecule has 1 aliphatic rings. The molecule has 0 saturated heterocycles. The Kier molecular flexibility index (Phi) is 5.38. The molecule has 1 amide bonds. The maximum atomic E-state index is 13.0. The van der Waals surface area contributed by atoms with Crippen LogP contribution in [0.3, 0.4) is 0 Å². The molecule has 3 heterocycles. The lowest BCUT2D eigenvalue weighted by molar-refractivity contribution is -0.113. The summed E-state index contributed by atoms with van der Waals surface area (Å²) in [6.07, 6.45) is 3.31. The molecule has 4 aromatic rings. The van der Waals surface area contributed by atoms with E-state index in [0.717, 1.165) is 40.2 Å². The van der Waals surface area contributed by atoms with Gasteiger partial charge in [-0.1, -0.05) is 30.0 Å². The molecule has 1 aromatic carbocycles. The molecule has 3 aromatic heterocycles. The quantitative estimate of drug-likeness (QED) is 0.356. The number of aromatic nitrogens is 4. The maximum Gasteiger partial charge on any atom is 0.295 e. The normalized spacial score (nSPS) is 13.0. The van der Waals surface area contributed by atoms with Gasteiger partial charge in [0.15, 0.2) is 0 Å². The van der Waals surface area contributed by atoms with Gasteiger partial charge in [0.25, 0.3) is 5.56 Å². The van der Waals surface area contributed by atoms with Crippen molar-refractivity contribution in [1.82, 2.24) is 19.3 Å². The van der Waals surface area contributed by atoms with Crippen LogP contribution < -0.4 is 10.9 Å². The van der Waals surface area contributed by atoms with Crippen LogP contribution in [0.4, 0.5) is 5.69 Å². The number of hydrogen-bond acceptors (Lipinski definition) is 6. The zero-order chi connectivity index (χ0) is 22.4. The summed E-state index contributed by atoms with van der Waals surface area (Å²) < 4.78 is 3.32. The molecule has 164 valence electrons. The van der Waals surface area contributed by atoms with Crippen LogP contribution in [0.25, 0.3) is 15.9 Å². The summed E-state index contributed by atoms with van der Waals surface area (Å²) in [7, 11) is 1.81. The Bertz CT molecular complexity index is 1400. The Balaban J connectivity index is 1.39. The largest absolute Gasteiger partial charge is 0.319 e. The number of hydrogen-bond donors (Lipinski definition) is 1. The van der Waals surface area contributed by atoms with E-state index in [9.17, 15) is 9.59 Å². The number of thiophene rings is 1. The topological polar surface area (TPSA) is 81.8 Å². The van der Waals surface area contributed by atoms with E-state index in [1.165, 1.54) is 22.2 Å². The Morgan fingerprint density at radius 1 is 1.19 bits per heavy atom. The van der Waals surface area contributed by atoms with E-state index >= 15 is 0 Å². The van der Waals surface area contributed by atoms with Gasteiger partial charge in [-0.05, 0) is 50.8 Å². The van der Waals surface area contributed by atoms with Gasteiger partial charge in [-0.15, -0.1) is 11.3 Å². The molecule has 1 N–H and O–H groups in total. The Morgan fingerprint density at radius 2 is 1.97 bits per heavy atom. The van der Waals surface area contributed by atoms with Gasteiger partial charge in [0.1, 0.15) is 21.4 Å². The average molecular weight is 466 g/mol. The predicted molar refractivity (Wildman–Crippen MR) is 129 cm³/mol. The van der Waals surface area contributed by atoms with Gasteiger partial charge in [-0.3, -0.25) is 14.3 Å². The van der Waals surface area contributed by atoms with E-state index in [1.54, 1.807) is 20.7 Å². The van der Waals surface area contributed by atoms with Crippen molar-refractivity contribution in [2.75, 3.05) is 11.1 Å². The number of thioether (sulfide) groups is 1. The van der Waals surface area contributed by atoms with Crippen molar-refractivity contribution < 1.29 is 4.79 Å². The highest BCUT2D eigenvalue weighted by Crippen LogP contribution is 2.40. The number of nitrogens with one attached hydrogen (secondary N) is 1. The Hall–Kier alpha value is -2.91. The fraction of sp³-hybridized carbons (Fsp3) is 0.304. The minimum absolute atomic E-state index is 0.176. The van der Waals surface area contributed by atoms with Gasteiger partial charge in [-0.2, -0.15) is 0 Å². The van der Waals surface area contributed by atoms with Gasteiger partial charge in [0.2, 0.25) is 5.91 Å². The molecule has 0 fully saturated rings. The minimum atomic E-state index is -0.245. The number of benzene rings is 1. The predicted octanol–water partition coefficient (Wildman–Crippen LogP) is 4.02. The molecule has 0 aliphatic heterocycles. The molecule has 0 saturated carbocycles. The number of amides is 1. The summed E-state index contributed by atoms with van der Waals surface area (Å²) >= 11 is 3.15. The molecule has 5 rings (SSSR count). The van der Waals surface area contributed by atoms with Crippen molar-refractivity contribution >= 4 is 44.9 Å². The second-order valence-electron chi connectivity index (χ2n) is 7.89. The standard InChI is InChI=1S/C23H23N5O2S2/c1-13-20(23(30)28(27(13)3)15-8-5-4-6-9-15)26-18(29)12-31-21-19-16-10-7-11-17(16)32-22(19)25-14(2)24-21/h4-6,8-9H,7,10-12H2,1-3H3,(H,26,29). The lowest BCUT2D eigenvalue weighted by atomic mass is 10.2. The highest BCUT2D eigenvalue weighted by molar-refractivity contribution is 8.00. The third-order valence-corrected chi connectivity index (χ3v) is 7.96. The molecule has 0 spiro atoms. The fourth-order valence-corrected chi connectivity index (χ4v) is 6.46. The molecule has 32 heavy (non-hydrogen) atoms. The van der Waals surface area contributed by atoms with Crippen LogP contribution in [0.1, 0.15) is 28.4 Å². The third-order valence-electron chi connectivity index (χ3n) is 5.80. The van der Waals surface area contributed by atoms with E-state index in [-0.39, 0.29) is 17.2 Å². The van der Waals surface area contributed by atoms with Crippen LogP contribution in [-0.2, 0) is 24.7 Å². The van der Waals surface area contributed by atoms with Crippen LogP contribution in [0.2, 0.25) is 0 Å². The van der Waals surface area contributed by atoms with Gasteiger partial charge < -0.3 is 5.32 Å². The Labute approximate surface area is 193 Å². The lowest BCUT2D eigenvalue weighted by Gasteiger charge is -2.07. The molecular formula is C23H23N5O2S2. The van der Waals surface area contributed by atoms with Crippen molar-refractivity contribution in [3.8, 4) is 5.69 Å². The average Bonchev–Trinajstić information content (AvgIpc) is 3.41. The Morgan fingerprint density at radius 3 is 2.75 bits per heavy atom. The number of anilines is 1. The number of nitrogens with zero attached hydrogens (tertiary/aromatic N) is 4. The van der Waals surface area contributed by atoms with Crippen LogP contribution in [-0.4, -0.2) is 31.0 Å². The van der Waals surface area contributed by atoms with Gasteiger partial charge in [0, 0.05) is 17.3 Å². The number of rotatable bonds is 5. The second kappa shape index (κ2) is 8.22. The third kappa shape index (κ3) is 3.55. The molecule has 0 bridgehead atoms. The minimum Gasteiger partial charge on any atom is -0.319 e. The first-order valence-electron chi connectivity index (χ1n) is 10.5. The number of fused-ring (bicyclic) bond motifs is 3. The summed E-state index contributed by atoms with van der Waals surface area (Å²) in [6.45, 7) is 3.71. The highest BCUT2D eigenvalue weighted by atomic mass is 32.2. The van der Waals surface area contributed by atoms with Crippen LogP contribution >= 0.6 is 23.1 Å². The van der Waals surface area contributed by atoms with Crippen molar-refractivity contribution in [2.24, 2.45) is 7.05 Å². The molecule has 0 radical (unpaired) electrons. The first-order chi connectivity index (χ1) is 15.4. The van der Waals surface area contributed by atoms with E-state index in [0.29, 0.717) is 17.2 Å². The summed E-state index contributed by atoms with van der Waals surface area (Å²) in [5.41, 5.74) is 2.86. The molecule has 0 unspecified atom stereocenters. The van der Waals surface area contributed by atoms with E-state index in [2.05, 4.69) is 15.3 Å². The van der Waals surface area contributed by atoms with Gasteiger partial charge >= 0.3 is 0 Å². The lowest BCUT2D eigenvalue weighted by Crippen LogP contribution is -2.23. The summed E-state index contributed by atoms with van der Waals surface area (Å²) in [4.78, 5) is 37.5. The van der Waals surface area contributed by atoms with E-state index in [4.69, 9.17) is 0 Å². The van der Waals surface area contributed by atoms with E-state index in [1.807, 2.05) is 51.2 Å². The zero-order valence-electron chi connectivity index (χ0n) is 18.1. The summed E-state index contributed by atoms with van der Waals surface area (Å²) in [5.74, 6) is 0.664. The van der Waals surface area contributed by atoms with Crippen LogP contribution in [0.15, 0.2) is 40.2 Å². The molecule has 7 nitrogen and oxygen atoms in total. The van der Waals surface area contributed by atoms with Gasteiger partial charge in [0.05, 0.1) is 17.1 Å². The smallest absolute Gasteiger partial charge is 0.295 e. The van der Waals surface area contributed by atoms with Crippen molar-refractivity contribution in [3.05, 3.63) is 62.6 Å². The summed E-state index contributed by atoms with van der Waals surface area (Å²) in [5, 5.41) is 4.79. The SMILES string of the molecule is Cc1nc(SCC(=O)Nc2c(C)n(C)n(-c3ccccc3)c2=O)c2c3c(sc2n1)CCC3.